The molecular weight excluding hydrogens is 463 g/mol. The first-order chi connectivity index (χ1) is 16.0. The molecule has 3 heterocycles. The Morgan fingerprint density at radius 1 is 1.21 bits per heavy atom. The molecule has 8 nitrogen and oxygen atoms in total. The third-order valence-corrected chi connectivity index (χ3v) is 6.87. The summed E-state index contributed by atoms with van der Waals surface area (Å²) in [5, 5.41) is 9.14. The fourth-order valence-corrected chi connectivity index (χ4v) is 4.82. The van der Waals surface area contributed by atoms with E-state index in [0.717, 1.165) is 45.1 Å². The van der Waals surface area contributed by atoms with E-state index in [0.29, 0.717) is 40.0 Å². The Morgan fingerprint density at radius 2 is 2.00 bits per heavy atom. The molecule has 1 aromatic carbocycles. The zero-order valence-electron chi connectivity index (χ0n) is 18.7. The number of carbonyl (C=O) groups is 1. The zero-order valence-corrected chi connectivity index (χ0v) is 20.2. The Labute approximate surface area is 202 Å². The van der Waals surface area contributed by atoms with Crippen LogP contribution in [0.15, 0.2) is 23.0 Å². The summed E-state index contributed by atoms with van der Waals surface area (Å²) >= 11 is 12.6. The SMILES string of the molecule is CCCCCCC(=O)N1CCC[C@H](c2nc3c(nnn3Cc3c(Cl)cccc3Cl)c(=O)[nH]2)C1. The van der Waals surface area contributed by atoms with Crippen molar-refractivity contribution < 1.29 is 4.79 Å². The van der Waals surface area contributed by atoms with Crippen molar-refractivity contribution in [3.05, 3.63) is 50.0 Å². The molecule has 33 heavy (non-hydrogen) atoms. The number of halogens is 2. The molecule has 4 rings (SSSR count). The number of unbranched alkanes of at least 4 members (excludes halogenated alkanes) is 3. The van der Waals surface area contributed by atoms with Crippen molar-refractivity contribution >= 4 is 40.3 Å². The van der Waals surface area contributed by atoms with E-state index in [2.05, 4.69) is 22.2 Å². The molecule has 1 aliphatic heterocycles. The molecule has 0 saturated carbocycles. The van der Waals surface area contributed by atoms with Gasteiger partial charge < -0.3 is 9.88 Å². The van der Waals surface area contributed by atoms with Crippen LogP contribution in [0.1, 0.15) is 69.2 Å². The average molecular weight is 491 g/mol. The monoisotopic (exact) mass is 490 g/mol. The molecule has 1 aliphatic rings. The number of nitrogens with zero attached hydrogens (tertiary/aromatic N) is 5. The number of likely N-dealkylation sites (tertiary alicyclic amines) is 1. The number of carbonyl (C=O) groups excluding carboxylic acids is 1. The van der Waals surface area contributed by atoms with Crippen molar-refractivity contribution in [1.82, 2.24) is 29.9 Å². The summed E-state index contributed by atoms with van der Waals surface area (Å²) < 4.78 is 1.54. The van der Waals surface area contributed by atoms with Crippen LogP contribution in [-0.2, 0) is 11.3 Å². The number of aromatic nitrogens is 5. The van der Waals surface area contributed by atoms with Gasteiger partial charge in [-0.1, -0.05) is 60.7 Å². The number of hydrogen-bond donors (Lipinski definition) is 1. The van der Waals surface area contributed by atoms with Gasteiger partial charge in [0.2, 0.25) is 5.91 Å². The number of aromatic amines is 1. The van der Waals surface area contributed by atoms with E-state index in [4.69, 9.17) is 28.2 Å². The molecule has 1 atom stereocenters. The molecule has 3 aromatic rings. The second-order valence-electron chi connectivity index (χ2n) is 8.56. The minimum Gasteiger partial charge on any atom is -0.342 e. The average Bonchev–Trinajstić information content (AvgIpc) is 3.22. The molecule has 1 N–H and O–H groups in total. The maximum Gasteiger partial charge on any atom is 0.281 e. The third kappa shape index (κ3) is 5.38. The fourth-order valence-electron chi connectivity index (χ4n) is 4.30. The van der Waals surface area contributed by atoms with Gasteiger partial charge in [-0.15, -0.1) is 5.10 Å². The van der Waals surface area contributed by atoms with Crippen LogP contribution in [0.25, 0.3) is 11.2 Å². The minimum atomic E-state index is -0.338. The first-order valence-electron chi connectivity index (χ1n) is 11.5. The van der Waals surface area contributed by atoms with Crippen LogP contribution >= 0.6 is 23.2 Å². The van der Waals surface area contributed by atoms with Gasteiger partial charge in [0, 0.05) is 41.0 Å². The summed E-state index contributed by atoms with van der Waals surface area (Å²) in [6.45, 7) is 3.71. The molecule has 0 radical (unpaired) electrons. The van der Waals surface area contributed by atoms with Crippen LogP contribution in [0.4, 0.5) is 0 Å². The highest BCUT2D eigenvalue weighted by atomic mass is 35.5. The highest BCUT2D eigenvalue weighted by Gasteiger charge is 2.27. The Morgan fingerprint density at radius 3 is 2.76 bits per heavy atom. The number of amides is 1. The van der Waals surface area contributed by atoms with E-state index >= 15 is 0 Å². The molecule has 0 spiro atoms. The number of nitrogens with one attached hydrogen (secondary N) is 1. The van der Waals surface area contributed by atoms with Crippen molar-refractivity contribution in [1.29, 1.82) is 0 Å². The van der Waals surface area contributed by atoms with E-state index < -0.39 is 0 Å². The predicted molar refractivity (Wildman–Crippen MR) is 129 cm³/mol. The van der Waals surface area contributed by atoms with Crippen molar-refractivity contribution in [3.63, 3.8) is 0 Å². The first-order valence-corrected chi connectivity index (χ1v) is 12.3. The van der Waals surface area contributed by atoms with Gasteiger partial charge in [0.25, 0.3) is 5.56 Å². The predicted octanol–water partition coefficient (Wildman–Crippen LogP) is 4.55. The molecule has 0 aliphatic carbocycles. The quantitative estimate of drug-likeness (QED) is 0.467. The van der Waals surface area contributed by atoms with Crippen LogP contribution in [0.3, 0.4) is 0 Å². The smallest absolute Gasteiger partial charge is 0.281 e. The molecule has 1 fully saturated rings. The van der Waals surface area contributed by atoms with Crippen LogP contribution in [0.2, 0.25) is 10.0 Å². The highest BCUT2D eigenvalue weighted by Crippen LogP contribution is 2.27. The lowest BCUT2D eigenvalue weighted by Crippen LogP contribution is -2.39. The van der Waals surface area contributed by atoms with Gasteiger partial charge in [0.1, 0.15) is 5.82 Å². The Balaban J connectivity index is 1.55. The minimum absolute atomic E-state index is 0.0392. The normalized spacial score (nSPS) is 16.5. The summed E-state index contributed by atoms with van der Waals surface area (Å²) in [5.41, 5.74) is 0.901. The van der Waals surface area contributed by atoms with Crippen LogP contribution in [-0.4, -0.2) is 48.9 Å². The lowest BCUT2D eigenvalue weighted by Gasteiger charge is -2.32. The molecule has 2 aromatic heterocycles. The highest BCUT2D eigenvalue weighted by molar-refractivity contribution is 6.36. The van der Waals surface area contributed by atoms with E-state index in [1.165, 1.54) is 0 Å². The summed E-state index contributed by atoms with van der Waals surface area (Å²) in [7, 11) is 0. The lowest BCUT2D eigenvalue weighted by atomic mass is 9.96. The van der Waals surface area contributed by atoms with Gasteiger partial charge in [0.05, 0.1) is 6.54 Å². The second kappa shape index (κ2) is 10.7. The van der Waals surface area contributed by atoms with E-state index in [1.54, 1.807) is 22.9 Å². The molecule has 0 unspecified atom stereocenters. The lowest BCUT2D eigenvalue weighted by molar-refractivity contribution is -0.132. The second-order valence-corrected chi connectivity index (χ2v) is 9.37. The number of benzene rings is 1. The van der Waals surface area contributed by atoms with Gasteiger partial charge in [-0.05, 0) is 31.4 Å². The molecule has 1 saturated heterocycles. The molecular formula is C23H28Cl2N6O2. The fraction of sp³-hybridized carbons (Fsp3) is 0.522. The number of rotatable bonds is 8. The van der Waals surface area contributed by atoms with Crippen molar-refractivity contribution in [2.24, 2.45) is 0 Å². The van der Waals surface area contributed by atoms with Crippen molar-refractivity contribution in [2.75, 3.05) is 13.1 Å². The largest absolute Gasteiger partial charge is 0.342 e. The number of H-pyrrole nitrogens is 1. The number of fused-ring (bicyclic) bond motifs is 1. The Bertz CT molecular complexity index is 1170. The maximum atomic E-state index is 12.7. The summed E-state index contributed by atoms with van der Waals surface area (Å²) in [4.78, 5) is 34.9. The Hall–Kier alpha value is -2.45. The van der Waals surface area contributed by atoms with Gasteiger partial charge in [-0.25, -0.2) is 9.67 Å². The molecule has 1 amide bonds. The van der Waals surface area contributed by atoms with E-state index in [-0.39, 0.29) is 29.4 Å². The van der Waals surface area contributed by atoms with E-state index in [9.17, 15) is 9.59 Å². The van der Waals surface area contributed by atoms with Crippen molar-refractivity contribution in [3.8, 4) is 0 Å². The summed E-state index contributed by atoms with van der Waals surface area (Å²) in [6.07, 6.45) is 6.61. The topological polar surface area (TPSA) is 96.8 Å². The Kier molecular flexibility index (Phi) is 7.65. The molecule has 176 valence electrons. The number of piperidine rings is 1. The van der Waals surface area contributed by atoms with Gasteiger partial charge in [-0.3, -0.25) is 9.59 Å². The van der Waals surface area contributed by atoms with Gasteiger partial charge in [-0.2, -0.15) is 0 Å². The van der Waals surface area contributed by atoms with Crippen LogP contribution in [0.5, 0.6) is 0 Å². The summed E-state index contributed by atoms with van der Waals surface area (Å²) in [6, 6.07) is 5.28. The maximum absolute atomic E-state index is 12.7. The zero-order chi connectivity index (χ0) is 23.4. The number of hydrogen-bond acceptors (Lipinski definition) is 5. The van der Waals surface area contributed by atoms with Gasteiger partial charge >= 0.3 is 0 Å². The summed E-state index contributed by atoms with van der Waals surface area (Å²) in [5.74, 6) is 0.701. The first kappa shape index (κ1) is 23.7. The van der Waals surface area contributed by atoms with E-state index in [1.807, 2.05) is 4.90 Å². The molecule has 0 bridgehead atoms. The van der Waals surface area contributed by atoms with Gasteiger partial charge in [0.15, 0.2) is 11.2 Å². The third-order valence-electron chi connectivity index (χ3n) is 6.17. The van der Waals surface area contributed by atoms with Crippen molar-refractivity contribution in [2.45, 2.75) is 64.3 Å². The standard InChI is InChI=1S/C23H28Cl2N6O2/c1-2-3-4-5-11-19(32)30-12-7-8-15(13-30)21-26-22-20(23(33)27-21)28-29-31(22)14-16-17(24)9-6-10-18(16)25/h6,9-10,15H,2-5,7-8,11-14H2,1H3,(H,26,27,33)/t15-/m0/s1. The van der Waals surface area contributed by atoms with Crippen LogP contribution < -0.4 is 5.56 Å². The molecule has 10 heteroatoms. The van der Waals surface area contributed by atoms with Crippen LogP contribution in [0, 0.1) is 0 Å².